The Kier molecular flexibility index (Phi) is 4.96. The quantitative estimate of drug-likeness (QED) is 0.919. The highest BCUT2D eigenvalue weighted by atomic mass is 16.1. The predicted octanol–water partition coefficient (Wildman–Crippen LogP) is 4.17. The Morgan fingerprint density at radius 3 is 2.26 bits per heavy atom. The molecule has 0 aromatic heterocycles. The van der Waals surface area contributed by atoms with Crippen molar-refractivity contribution in [2.45, 2.75) is 32.2 Å². The molecule has 0 bridgehead atoms. The number of amides is 1. The van der Waals surface area contributed by atoms with Gasteiger partial charge in [0.25, 0.3) is 5.91 Å². The Morgan fingerprint density at radius 2 is 1.61 bits per heavy atom. The molecule has 1 fully saturated rings. The van der Waals surface area contributed by atoms with Gasteiger partial charge in [-0.2, -0.15) is 0 Å². The van der Waals surface area contributed by atoms with Gasteiger partial charge in [-0.15, -0.1) is 0 Å². The zero-order chi connectivity index (χ0) is 16.1. The lowest BCUT2D eigenvalue weighted by Crippen LogP contribution is -2.29. The van der Waals surface area contributed by atoms with Crippen LogP contribution in [0.15, 0.2) is 54.6 Å². The van der Waals surface area contributed by atoms with Crippen molar-refractivity contribution in [3.8, 4) is 0 Å². The van der Waals surface area contributed by atoms with E-state index in [4.69, 9.17) is 0 Å². The third kappa shape index (κ3) is 3.92. The van der Waals surface area contributed by atoms with E-state index in [9.17, 15) is 4.79 Å². The van der Waals surface area contributed by atoms with Crippen LogP contribution in [0, 0.1) is 0 Å². The van der Waals surface area contributed by atoms with Crippen LogP contribution in [0.2, 0.25) is 0 Å². The smallest absolute Gasteiger partial charge is 0.251 e. The second kappa shape index (κ2) is 7.32. The van der Waals surface area contributed by atoms with Gasteiger partial charge in [-0.3, -0.25) is 4.79 Å². The van der Waals surface area contributed by atoms with Crippen LogP contribution in [0.1, 0.15) is 48.1 Å². The van der Waals surface area contributed by atoms with E-state index < -0.39 is 0 Å². The fraction of sp³-hybridized carbons (Fsp3) is 0.350. The van der Waals surface area contributed by atoms with Gasteiger partial charge in [0.15, 0.2) is 0 Å². The Bertz CT molecular complexity index is 630. The van der Waals surface area contributed by atoms with Gasteiger partial charge in [-0.05, 0) is 56.0 Å². The van der Waals surface area contributed by atoms with E-state index in [0.717, 1.165) is 18.7 Å². The van der Waals surface area contributed by atoms with E-state index >= 15 is 0 Å². The fourth-order valence-corrected chi connectivity index (χ4v) is 3.08. The lowest BCUT2D eigenvalue weighted by Gasteiger charge is -2.28. The molecule has 1 atom stereocenters. The van der Waals surface area contributed by atoms with Gasteiger partial charge in [0, 0.05) is 24.3 Å². The molecule has 0 aliphatic carbocycles. The molecule has 1 aliphatic rings. The third-order valence-electron chi connectivity index (χ3n) is 4.50. The lowest BCUT2D eigenvalue weighted by molar-refractivity contribution is 0.0940. The number of carbonyl (C=O) groups is 1. The summed E-state index contributed by atoms with van der Waals surface area (Å²) in [6.45, 7) is 4.25. The van der Waals surface area contributed by atoms with Crippen LogP contribution in [-0.4, -0.2) is 19.0 Å². The van der Waals surface area contributed by atoms with Crippen LogP contribution >= 0.6 is 0 Å². The van der Waals surface area contributed by atoms with Crippen molar-refractivity contribution in [2.75, 3.05) is 18.0 Å². The summed E-state index contributed by atoms with van der Waals surface area (Å²) in [5, 5.41) is 3.06. The number of rotatable bonds is 4. The molecular weight excluding hydrogens is 284 g/mol. The van der Waals surface area contributed by atoms with Gasteiger partial charge in [0.05, 0.1) is 6.04 Å². The summed E-state index contributed by atoms with van der Waals surface area (Å²) in [4.78, 5) is 14.8. The van der Waals surface area contributed by atoms with E-state index in [1.165, 1.54) is 24.9 Å². The van der Waals surface area contributed by atoms with Crippen molar-refractivity contribution in [3.63, 3.8) is 0 Å². The first-order valence-corrected chi connectivity index (χ1v) is 8.45. The molecule has 0 spiro atoms. The molecule has 1 amide bonds. The van der Waals surface area contributed by atoms with Crippen LogP contribution < -0.4 is 10.2 Å². The van der Waals surface area contributed by atoms with Gasteiger partial charge in [0.2, 0.25) is 0 Å². The Balaban J connectivity index is 1.63. The van der Waals surface area contributed by atoms with E-state index in [-0.39, 0.29) is 11.9 Å². The second-order valence-corrected chi connectivity index (χ2v) is 6.20. The van der Waals surface area contributed by atoms with E-state index in [1.807, 2.05) is 49.4 Å². The summed E-state index contributed by atoms with van der Waals surface area (Å²) in [6, 6.07) is 18.0. The molecule has 3 rings (SSSR count). The summed E-state index contributed by atoms with van der Waals surface area (Å²) >= 11 is 0. The van der Waals surface area contributed by atoms with Crippen molar-refractivity contribution in [2.24, 2.45) is 0 Å². The Hall–Kier alpha value is -2.29. The maximum absolute atomic E-state index is 12.4. The number of hydrogen-bond acceptors (Lipinski definition) is 2. The molecule has 2 aromatic rings. The number of piperidine rings is 1. The number of hydrogen-bond donors (Lipinski definition) is 1. The van der Waals surface area contributed by atoms with Crippen LogP contribution in [0.3, 0.4) is 0 Å². The van der Waals surface area contributed by atoms with Crippen molar-refractivity contribution >= 4 is 11.6 Å². The molecule has 1 aliphatic heterocycles. The number of nitrogens with zero attached hydrogens (tertiary/aromatic N) is 1. The minimum absolute atomic E-state index is 0.00507. The molecule has 0 saturated carbocycles. The largest absolute Gasteiger partial charge is 0.372 e. The molecule has 1 saturated heterocycles. The predicted molar refractivity (Wildman–Crippen MR) is 94.8 cm³/mol. The molecule has 1 heterocycles. The van der Waals surface area contributed by atoms with Gasteiger partial charge in [0.1, 0.15) is 0 Å². The minimum atomic E-state index is -0.0217. The maximum atomic E-state index is 12.4. The standard InChI is InChI=1S/C20H24N2O/c1-16(17-8-4-2-5-9-17)21-20(23)18-10-12-19(13-11-18)22-14-6-3-7-15-22/h2,4-5,8-13,16H,3,6-7,14-15H2,1H3,(H,21,23). The summed E-state index contributed by atoms with van der Waals surface area (Å²) in [5.41, 5.74) is 3.05. The molecule has 1 unspecified atom stereocenters. The first-order valence-electron chi connectivity index (χ1n) is 8.45. The lowest BCUT2D eigenvalue weighted by atomic mass is 10.1. The first-order chi connectivity index (χ1) is 11.2. The van der Waals surface area contributed by atoms with E-state index in [2.05, 4.69) is 22.3 Å². The van der Waals surface area contributed by atoms with Gasteiger partial charge in [-0.1, -0.05) is 30.3 Å². The highest BCUT2D eigenvalue weighted by Gasteiger charge is 2.13. The van der Waals surface area contributed by atoms with Crippen LogP contribution in [0.4, 0.5) is 5.69 Å². The van der Waals surface area contributed by atoms with Crippen LogP contribution in [0.5, 0.6) is 0 Å². The van der Waals surface area contributed by atoms with Gasteiger partial charge >= 0.3 is 0 Å². The number of benzene rings is 2. The van der Waals surface area contributed by atoms with Crippen molar-refractivity contribution in [1.29, 1.82) is 0 Å². The Labute approximate surface area is 138 Å². The van der Waals surface area contributed by atoms with Crippen molar-refractivity contribution < 1.29 is 4.79 Å². The number of carbonyl (C=O) groups excluding carboxylic acids is 1. The normalized spacial score (nSPS) is 16.0. The molecule has 3 nitrogen and oxygen atoms in total. The van der Waals surface area contributed by atoms with Crippen molar-refractivity contribution in [3.05, 3.63) is 65.7 Å². The summed E-state index contributed by atoms with van der Waals surface area (Å²) < 4.78 is 0. The second-order valence-electron chi connectivity index (χ2n) is 6.20. The number of anilines is 1. The topological polar surface area (TPSA) is 32.3 Å². The fourth-order valence-electron chi connectivity index (χ4n) is 3.08. The average Bonchev–Trinajstić information content (AvgIpc) is 2.63. The average molecular weight is 308 g/mol. The maximum Gasteiger partial charge on any atom is 0.251 e. The zero-order valence-electron chi connectivity index (χ0n) is 13.7. The third-order valence-corrected chi connectivity index (χ3v) is 4.50. The highest BCUT2D eigenvalue weighted by Crippen LogP contribution is 2.20. The monoisotopic (exact) mass is 308 g/mol. The SMILES string of the molecule is CC(NC(=O)c1ccc(N2CCCCC2)cc1)c1ccccc1. The number of nitrogens with one attached hydrogen (secondary N) is 1. The molecular formula is C20H24N2O. The van der Waals surface area contributed by atoms with Gasteiger partial charge in [-0.25, -0.2) is 0 Å². The summed E-state index contributed by atoms with van der Waals surface area (Å²) in [5.74, 6) is -0.0217. The summed E-state index contributed by atoms with van der Waals surface area (Å²) in [6.07, 6.45) is 3.85. The van der Waals surface area contributed by atoms with E-state index in [0.29, 0.717) is 5.56 Å². The minimum Gasteiger partial charge on any atom is -0.372 e. The molecule has 3 heteroatoms. The zero-order valence-corrected chi connectivity index (χ0v) is 13.7. The van der Waals surface area contributed by atoms with Crippen LogP contribution in [-0.2, 0) is 0 Å². The first kappa shape index (κ1) is 15.6. The molecule has 2 aromatic carbocycles. The molecule has 120 valence electrons. The van der Waals surface area contributed by atoms with E-state index in [1.54, 1.807) is 0 Å². The molecule has 23 heavy (non-hydrogen) atoms. The Morgan fingerprint density at radius 1 is 0.957 bits per heavy atom. The summed E-state index contributed by atoms with van der Waals surface area (Å²) in [7, 11) is 0. The molecule has 1 N–H and O–H groups in total. The highest BCUT2D eigenvalue weighted by molar-refractivity contribution is 5.94. The van der Waals surface area contributed by atoms with Crippen molar-refractivity contribution in [1.82, 2.24) is 5.32 Å². The van der Waals surface area contributed by atoms with Crippen LogP contribution in [0.25, 0.3) is 0 Å². The molecule has 0 radical (unpaired) electrons. The van der Waals surface area contributed by atoms with Gasteiger partial charge < -0.3 is 10.2 Å².